The molecule has 1 fully saturated rings. The minimum Gasteiger partial charge on any atom is -0.449 e. The lowest BCUT2D eigenvalue weighted by Gasteiger charge is -2.09. The first-order valence-corrected chi connectivity index (χ1v) is 7.58. The summed E-state index contributed by atoms with van der Waals surface area (Å²) < 4.78 is 6.39. The van der Waals surface area contributed by atoms with Crippen LogP contribution in [0.2, 0.25) is 0 Å². The van der Waals surface area contributed by atoms with Crippen molar-refractivity contribution in [1.82, 2.24) is 25.6 Å². The smallest absolute Gasteiger partial charge is 0.426 e. The molecule has 1 aliphatic carbocycles. The first kappa shape index (κ1) is 15.3. The van der Waals surface area contributed by atoms with Crippen molar-refractivity contribution in [3.05, 3.63) is 23.0 Å². The van der Waals surface area contributed by atoms with Crippen molar-refractivity contribution in [2.75, 3.05) is 6.61 Å². The fourth-order valence-electron chi connectivity index (χ4n) is 2.57. The summed E-state index contributed by atoms with van der Waals surface area (Å²) in [5, 5.41) is 5.04. The van der Waals surface area contributed by atoms with E-state index in [0.717, 1.165) is 24.2 Å². The van der Waals surface area contributed by atoms with Gasteiger partial charge in [0, 0.05) is 18.7 Å². The molecule has 8 nitrogen and oxygen atoms in total. The number of carbonyl (C=O) groups is 2. The van der Waals surface area contributed by atoms with E-state index >= 15 is 0 Å². The quantitative estimate of drug-likeness (QED) is 0.837. The Morgan fingerprint density at radius 3 is 2.78 bits per heavy atom. The maximum Gasteiger partial charge on any atom is 0.426 e. The predicted octanol–water partition coefficient (Wildman–Crippen LogP) is 1.55. The normalized spacial score (nSPS) is 13.9. The van der Waals surface area contributed by atoms with Crippen molar-refractivity contribution in [2.45, 2.75) is 32.6 Å². The van der Waals surface area contributed by atoms with Gasteiger partial charge in [-0.05, 0) is 32.8 Å². The number of hydrazine groups is 1. The van der Waals surface area contributed by atoms with Crippen LogP contribution in [0.15, 0.2) is 6.07 Å². The number of pyridine rings is 1. The van der Waals surface area contributed by atoms with Crippen LogP contribution in [0.1, 0.15) is 47.4 Å². The highest BCUT2D eigenvalue weighted by atomic mass is 16.5. The predicted molar refractivity (Wildman–Crippen MR) is 82.8 cm³/mol. The first-order chi connectivity index (χ1) is 11.0. The summed E-state index contributed by atoms with van der Waals surface area (Å²) in [5.74, 6) is -0.0115. The van der Waals surface area contributed by atoms with Crippen LogP contribution >= 0.6 is 0 Å². The highest BCUT2D eigenvalue weighted by Gasteiger charge is 2.28. The number of nitrogens with one attached hydrogen (secondary N) is 2. The molecule has 0 spiro atoms. The highest BCUT2D eigenvalue weighted by Crippen LogP contribution is 2.40. The van der Waals surface area contributed by atoms with E-state index < -0.39 is 12.0 Å². The van der Waals surface area contributed by atoms with Crippen LogP contribution in [0.5, 0.6) is 0 Å². The van der Waals surface area contributed by atoms with Gasteiger partial charge in [-0.3, -0.25) is 14.9 Å². The molecular formula is C15H19N5O3. The monoisotopic (exact) mass is 317 g/mol. The molecule has 2 amide bonds. The maximum atomic E-state index is 12.5. The van der Waals surface area contributed by atoms with Gasteiger partial charge >= 0.3 is 6.09 Å². The molecule has 1 saturated carbocycles. The standard InChI is InChI=1S/C15H19N5O3/c1-4-23-15(22)18-17-14(21)10-7-11(9-5-6-9)16-13-12(10)8(2)19-20(13)3/h7,9H,4-6H2,1-3H3,(H,17,21)(H,18,22). The number of aryl methyl sites for hydroxylation is 2. The molecule has 0 atom stereocenters. The van der Waals surface area contributed by atoms with Gasteiger partial charge < -0.3 is 4.74 Å². The van der Waals surface area contributed by atoms with E-state index in [0.29, 0.717) is 22.5 Å². The molecule has 0 radical (unpaired) electrons. The zero-order chi connectivity index (χ0) is 16.6. The Morgan fingerprint density at radius 1 is 1.39 bits per heavy atom. The molecule has 2 N–H and O–H groups in total. The Kier molecular flexibility index (Phi) is 3.89. The summed E-state index contributed by atoms with van der Waals surface area (Å²) in [6.45, 7) is 3.75. The number of carbonyl (C=O) groups excluding carboxylic acids is 2. The summed E-state index contributed by atoms with van der Waals surface area (Å²) >= 11 is 0. The maximum absolute atomic E-state index is 12.5. The van der Waals surface area contributed by atoms with Crippen LogP contribution in [-0.4, -0.2) is 33.4 Å². The van der Waals surface area contributed by atoms with Crippen LogP contribution < -0.4 is 10.9 Å². The van der Waals surface area contributed by atoms with Crippen molar-refractivity contribution in [3.8, 4) is 0 Å². The molecule has 0 aliphatic heterocycles. The number of amides is 2. The third-order valence-corrected chi connectivity index (χ3v) is 3.78. The number of nitrogens with zero attached hydrogens (tertiary/aromatic N) is 3. The van der Waals surface area contributed by atoms with Crippen molar-refractivity contribution in [2.24, 2.45) is 7.05 Å². The molecule has 0 unspecified atom stereocenters. The molecule has 8 heteroatoms. The molecule has 1 aliphatic rings. The van der Waals surface area contributed by atoms with Gasteiger partial charge in [0.2, 0.25) is 0 Å². The topological polar surface area (TPSA) is 98.1 Å². The second-order valence-electron chi connectivity index (χ2n) is 5.58. The second-order valence-corrected chi connectivity index (χ2v) is 5.58. The number of fused-ring (bicyclic) bond motifs is 1. The lowest BCUT2D eigenvalue weighted by Crippen LogP contribution is -2.42. The fraction of sp³-hybridized carbons (Fsp3) is 0.467. The van der Waals surface area contributed by atoms with Crippen LogP contribution in [0, 0.1) is 6.92 Å². The molecule has 0 aromatic carbocycles. The van der Waals surface area contributed by atoms with E-state index in [9.17, 15) is 9.59 Å². The van der Waals surface area contributed by atoms with Gasteiger partial charge in [0.1, 0.15) is 0 Å². The number of aromatic nitrogens is 3. The van der Waals surface area contributed by atoms with Gasteiger partial charge in [-0.1, -0.05) is 0 Å². The number of hydrogen-bond donors (Lipinski definition) is 2. The molecule has 2 heterocycles. The van der Waals surface area contributed by atoms with Gasteiger partial charge in [-0.2, -0.15) is 5.10 Å². The summed E-state index contributed by atoms with van der Waals surface area (Å²) in [5.41, 5.74) is 7.34. The van der Waals surface area contributed by atoms with Crippen LogP contribution in [0.25, 0.3) is 11.0 Å². The van der Waals surface area contributed by atoms with Crippen LogP contribution in [0.3, 0.4) is 0 Å². The largest absolute Gasteiger partial charge is 0.449 e. The molecular weight excluding hydrogens is 298 g/mol. The molecule has 2 aromatic heterocycles. The summed E-state index contributed by atoms with van der Waals surface area (Å²) in [4.78, 5) is 28.4. The van der Waals surface area contributed by atoms with E-state index in [2.05, 4.69) is 20.9 Å². The van der Waals surface area contributed by atoms with E-state index in [1.165, 1.54) is 0 Å². The number of ether oxygens (including phenoxy) is 1. The lowest BCUT2D eigenvalue weighted by molar-refractivity contribution is 0.0914. The summed E-state index contributed by atoms with van der Waals surface area (Å²) in [6.07, 6.45) is 1.46. The Morgan fingerprint density at radius 2 is 2.13 bits per heavy atom. The first-order valence-electron chi connectivity index (χ1n) is 7.58. The van der Waals surface area contributed by atoms with Crippen molar-refractivity contribution < 1.29 is 14.3 Å². The van der Waals surface area contributed by atoms with E-state index in [1.807, 2.05) is 6.92 Å². The molecule has 122 valence electrons. The second kappa shape index (κ2) is 5.86. The van der Waals surface area contributed by atoms with Gasteiger partial charge in [-0.15, -0.1) is 0 Å². The van der Waals surface area contributed by atoms with Crippen molar-refractivity contribution >= 4 is 23.0 Å². The molecule has 2 aromatic rings. The zero-order valence-corrected chi connectivity index (χ0v) is 13.3. The Bertz CT molecular complexity index is 779. The third-order valence-electron chi connectivity index (χ3n) is 3.78. The van der Waals surface area contributed by atoms with Crippen LogP contribution in [-0.2, 0) is 11.8 Å². The molecule has 0 bridgehead atoms. The van der Waals surface area contributed by atoms with E-state index in [1.54, 1.807) is 24.7 Å². The third kappa shape index (κ3) is 2.96. The van der Waals surface area contributed by atoms with Gasteiger partial charge in [0.15, 0.2) is 5.65 Å². The number of rotatable bonds is 3. The Hall–Kier alpha value is -2.64. The minimum absolute atomic E-state index is 0.231. The average molecular weight is 317 g/mol. The Balaban J connectivity index is 1.94. The summed E-state index contributed by atoms with van der Waals surface area (Å²) in [6, 6.07) is 1.79. The van der Waals surface area contributed by atoms with Crippen molar-refractivity contribution in [1.29, 1.82) is 0 Å². The fourth-order valence-corrected chi connectivity index (χ4v) is 2.57. The van der Waals surface area contributed by atoms with Gasteiger partial charge in [0.05, 0.1) is 23.3 Å². The molecule has 0 saturated heterocycles. The minimum atomic E-state index is -0.698. The van der Waals surface area contributed by atoms with Crippen molar-refractivity contribution in [3.63, 3.8) is 0 Å². The highest BCUT2D eigenvalue weighted by molar-refractivity contribution is 6.06. The number of hydrogen-bond acceptors (Lipinski definition) is 5. The molecule has 23 heavy (non-hydrogen) atoms. The van der Waals surface area contributed by atoms with E-state index in [4.69, 9.17) is 4.74 Å². The van der Waals surface area contributed by atoms with Gasteiger partial charge in [0.25, 0.3) is 5.91 Å². The van der Waals surface area contributed by atoms with Gasteiger partial charge in [-0.25, -0.2) is 15.2 Å². The molecule has 3 rings (SSSR count). The lowest BCUT2D eigenvalue weighted by atomic mass is 10.1. The Labute approximate surface area is 133 Å². The van der Waals surface area contributed by atoms with Crippen LogP contribution in [0.4, 0.5) is 4.79 Å². The van der Waals surface area contributed by atoms with E-state index in [-0.39, 0.29) is 6.61 Å². The average Bonchev–Trinajstić information content (AvgIpc) is 3.32. The SMILES string of the molecule is CCOC(=O)NNC(=O)c1cc(C2CC2)nc2c1c(C)nn2C. The zero-order valence-electron chi connectivity index (χ0n) is 13.3. The summed E-state index contributed by atoms with van der Waals surface area (Å²) in [7, 11) is 1.80.